The third-order valence-electron chi connectivity index (χ3n) is 6.34. The van der Waals surface area contributed by atoms with E-state index in [1.54, 1.807) is 0 Å². The minimum absolute atomic E-state index is 0. The molecule has 4 aromatic carbocycles. The van der Waals surface area contributed by atoms with Gasteiger partial charge < -0.3 is 9.52 Å². The molecule has 0 saturated heterocycles. The number of aliphatic hydroxyl groups is 1. The van der Waals surface area contributed by atoms with Crippen LogP contribution < -0.4 is 0 Å². The van der Waals surface area contributed by atoms with Gasteiger partial charge in [0.15, 0.2) is 5.78 Å². The molecule has 0 aliphatic heterocycles. The zero-order chi connectivity index (χ0) is 24.8. The van der Waals surface area contributed by atoms with Crippen molar-refractivity contribution in [3.05, 3.63) is 103 Å². The second-order valence-corrected chi connectivity index (χ2v) is 8.89. The average Bonchev–Trinajstić information content (AvgIpc) is 3.41. The van der Waals surface area contributed by atoms with Crippen molar-refractivity contribution < 1.29 is 34.4 Å². The van der Waals surface area contributed by atoms with Crippen molar-refractivity contribution in [1.29, 1.82) is 0 Å². The van der Waals surface area contributed by atoms with Crippen molar-refractivity contribution in [2.24, 2.45) is 0 Å². The van der Waals surface area contributed by atoms with Crippen LogP contribution in [0.1, 0.15) is 13.8 Å². The molecule has 4 nitrogen and oxygen atoms in total. The molecule has 6 aromatic rings. The maximum Gasteiger partial charge on any atom is 0.155 e. The Labute approximate surface area is 227 Å². The van der Waals surface area contributed by atoms with Crippen LogP contribution in [-0.2, 0) is 24.9 Å². The van der Waals surface area contributed by atoms with Crippen LogP contribution in [0.3, 0.4) is 0 Å². The van der Waals surface area contributed by atoms with E-state index in [0.717, 1.165) is 38.7 Å². The molecule has 0 amide bonds. The van der Waals surface area contributed by atoms with Crippen LogP contribution in [0, 0.1) is 6.07 Å². The Morgan fingerprint density at radius 2 is 1.54 bits per heavy atom. The standard InChI is InChI=1S/C27H14NO.C5H8O2.Ir/c1-2-8-17-16(7-1)18-10-5-12-22-26(18)21(17)15-23(28-22)19-11-6-14-25-27(19)20-9-3-4-13-24(20)29-25;1-4(6)3-5(2)7;/h1-10,12-15H;3,6H,1-2H3;/q-1;;. The van der Waals surface area contributed by atoms with Crippen LogP contribution >= 0.6 is 0 Å². The topological polar surface area (TPSA) is 63.3 Å². The van der Waals surface area contributed by atoms with Gasteiger partial charge in [-0.05, 0) is 59.3 Å². The third kappa shape index (κ3) is 4.27. The SMILES string of the molecule is CC(=O)C=C(C)O.[Ir].[c-]1ccc2oc3ccccc3c2c1-c1cc2c3c(cccc3n1)-c1ccccc1-2. The Morgan fingerprint density at radius 3 is 2.27 bits per heavy atom. The zero-order valence-electron chi connectivity index (χ0n) is 20.2. The molecule has 0 spiro atoms. The van der Waals surface area contributed by atoms with Gasteiger partial charge in [-0.25, -0.2) is 0 Å². The molecular formula is C32H22IrNO3-. The molecule has 1 N–H and O–H groups in total. The van der Waals surface area contributed by atoms with E-state index in [2.05, 4.69) is 60.7 Å². The summed E-state index contributed by atoms with van der Waals surface area (Å²) in [5.74, 6) is -0.0625. The fraction of sp³-hybridized carbons (Fsp3) is 0.0625. The first kappa shape index (κ1) is 24.6. The fourth-order valence-electron chi connectivity index (χ4n) is 5.01. The molecule has 0 bridgehead atoms. The predicted octanol–water partition coefficient (Wildman–Crippen LogP) is 8.28. The van der Waals surface area contributed by atoms with Gasteiger partial charge in [0.2, 0.25) is 0 Å². The number of para-hydroxylation sites is 1. The van der Waals surface area contributed by atoms with Crippen LogP contribution in [0.2, 0.25) is 0 Å². The molecule has 2 heterocycles. The quantitative estimate of drug-likeness (QED) is 0.115. The largest absolute Gasteiger partial charge is 0.512 e. The summed E-state index contributed by atoms with van der Waals surface area (Å²) in [7, 11) is 0. The van der Waals surface area contributed by atoms with Crippen LogP contribution in [0.15, 0.2) is 101 Å². The number of rotatable bonds is 2. The van der Waals surface area contributed by atoms with E-state index in [0.29, 0.717) is 0 Å². The number of nitrogens with zero attached hydrogens (tertiary/aromatic N) is 1. The average molecular weight is 661 g/mol. The number of ketones is 1. The van der Waals surface area contributed by atoms with E-state index in [9.17, 15) is 4.79 Å². The molecule has 2 aromatic heterocycles. The summed E-state index contributed by atoms with van der Waals surface area (Å²) in [4.78, 5) is 15.1. The Kier molecular flexibility index (Phi) is 6.51. The fourth-order valence-corrected chi connectivity index (χ4v) is 5.01. The van der Waals surface area contributed by atoms with Gasteiger partial charge in [-0.15, -0.1) is 17.7 Å². The maximum absolute atomic E-state index is 10.0. The second kappa shape index (κ2) is 9.78. The number of benzene rings is 4. The van der Waals surface area contributed by atoms with E-state index in [1.807, 2.05) is 30.3 Å². The van der Waals surface area contributed by atoms with E-state index in [-0.39, 0.29) is 31.6 Å². The number of allylic oxidation sites excluding steroid dienone is 2. The van der Waals surface area contributed by atoms with Gasteiger partial charge in [-0.3, -0.25) is 9.78 Å². The van der Waals surface area contributed by atoms with E-state index in [1.165, 1.54) is 47.6 Å². The zero-order valence-corrected chi connectivity index (χ0v) is 22.6. The molecule has 0 fully saturated rings. The van der Waals surface area contributed by atoms with Gasteiger partial charge in [0.25, 0.3) is 0 Å². The molecule has 7 rings (SSSR count). The van der Waals surface area contributed by atoms with Gasteiger partial charge in [-0.1, -0.05) is 72.1 Å². The predicted molar refractivity (Wildman–Crippen MR) is 145 cm³/mol. The minimum Gasteiger partial charge on any atom is -0.512 e. The van der Waals surface area contributed by atoms with Gasteiger partial charge in [0, 0.05) is 31.6 Å². The number of aromatic nitrogens is 1. The Balaban J connectivity index is 0.000000313. The number of fused-ring (bicyclic) bond motifs is 6. The van der Waals surface area contributed by atoms with Gasteiger partial charge in [0.05, 0.1) is 16.9 Å². The number of hydrogen-bond acceptors (Lipinski definition) is 4. The van der Waals surface area contributed by atoms with Crippen LogP contribution in [-0.4, -0.2) is 15.9 Å². The molecule has 1 aliphatic rings. The third-order valence-corrected chi connectivity index (χ3v) is 6.34. The van der Waals surface area contributed by atoms with Gasteiger partial charge >= 0.3 is 0 Å². The van der Waals surface area contributed by atoms with Crippen LogP contribution in [0.4, 0.5) is 0 Å². The molecular weight excluding hydrogens is 639 g/mol. The molecule has 1 radical (unpaired) electrons. The first-order valence-electron chi connectivity index (χ1n) is 11.7. The molecule has 5 heteroatoms. The molecule has 183 valence electrons. The number of aliphatic hydroxyl groups excluding tert-OH is 1. The van der Waals surface area contributed by atoms with Crippen molar-refractivity contribution >= 4 is 38.6 Å². The normalized spacial score (nSPS) is 11.7. The first-order chi connectivity index (χ1) is 17.5. The summed E-state index contributed by atoms with van der Waals surface area (Å²) >= 11 is 0. The van der Waals surface area contributed by atoms with Gasteiger partial charge in [-0.2, -0.15) is 0 Å². The Morgan fingerprint density at radius 1 is 0.838 bits per heavy atom. The summed E-state index contributed by atoms with van der Waals surface area (Å²) in [6, 6.07) is 32.7. The molecule has 37 heavy (non-hydrogen) atoms. The summed E-state index contributed by atoms with van der Waals surface area (Å²) in [6.45, 7) is 2.85. The summed E-state index contributed by atoms with van der Waals surface area (Å²) < 4.78 is 6.08. The van der Waals surface area contributed by atoms with E-state index in [4.69, 9.17) is 14.5 Å². The van der Waals surface area contributed by atoms with Crippen molar-refractivity contribution in [2.45, 2.75) is 13.8 Å². The number of carbonyl (C=O) groups is 1. The number of hydrogen-bond donors (Lipinski definition) is 1. The molecule has 0 unspecified atom stereocenters. The van der Waals surface area contributed by atoms with Crippen LogP contribution in [0.5, 0.6) is 0 Å². The first-order valence-corrected chi connectivity index (χ1v) is 11.7. The second-order valence-electron chi connectivity index (χ2n) is 8.89. The van der Waals surface area contributed by atoms with Crippen molar-refractivity contribution in [2.75, 3.05) is 0 Å². The Bertz CT molecular complexity index is 1840. The van der Waals surface area contributed by atoms with Crippen molar-refractivity contribution in [1.82, 2.24) is 4.98 Å². The summed E-state index contributed by atoms with van der Waals surface area (Å²) in [5.41, 5.74) is 9.75. The number of carbonyl (C=O) groups excluding carboxylic acids is 1. The maximum atomic E-state index is 10.0. The number of pyridine rings is 1. The van der Waals surface area contributed by atoms with Crippen molar-refractivity contribution in [3.63, 3.8) is 0 Å². The Hall–Kier alpha value is -4.05. The summed E-state index contributed by atoms with van der Waals surface area (Å²) in [6.07, 6.45) is 1.17. The van der Waals surface area contributed by atoms with Crippen LogP contribution in [0.25, 0.3) is 66.4 Å². The number of furan rings is 1. The minimum atomic E-state index is -0.125. The molecule has 0 atom stereocenters. The smallest absolute Gasteiger partial charge is 0.155 e. The van der Waals surface area contributed by atoms with E-state index < -0.39 is 0 Å². The molecule has 0 saturated carbocycles. The molecule has 1 aliphatic carbocycles. The van der Waals surface area contributed by atoms with E-state index >= 15 is 0 Å². The van der Waals surface area contributed by atoms with Crippen molar-refractivity contribution in [3.8, 4) is 33.5 Å². The monoisotopic (exact) mass is 661 g/mol. The summed E-state index contributed by atoms with van der Waals surface area (Å²) in [5, 5.41) is 11.8. The van der Waals surface area contributed by atoms with Gasteiger partial charge in [0.1, 0.15) is 5.58 Å².